The van der Waals surface area contributed by atoms with Gasteiger partial charge in [-0.1, -0.05) is 18.2 Å². The van der Waals surface area contributed by atoms with Crippen molar-refractivity contribution in [3.63, 3.8) is 0 Å². The fourth-order valence-corrected chi connectivity index (χ4v) is 1.96. The summed E-state index contributed by atoms with van der Waals surface area (Å²) in [5, 5.41) is 18.8. The molecule has 2 aromatic carbocycles. The van der Waals surface area contributed by atoms with E-state index in [0.29, 0.717) is 24.3 Å². The number of amides is 2. The van der Waals surface area contributed by atoms with E-state index >= 15 is 0 Å². The Morgan fingerprint density at radius 1 is 1.04 bits per heavy atom. The Morgan fingerprint density at radius 2 is 1.75 bits per heavy atom. The summed E-state index contributed by atoms with van der Waals surface area (Å²) in [6.07, 6.45) is 0. The number of halogens is 1. The molecule has 0 bridgehead atoms. The summed E-state index contributed by atoms with van der Waals surface area (Å²) < 4.78 is 13.4. The Kier molecular flexibility index (Phi) is 6.07. The number of anilines is 1. The second kappa shape index (κ2) is 8.47. The van der Waals surface area contributed by atoms with Gasteiger partial charge in [0.2, 0.25) is 0 Å². The molecule has 24 heavy (non-hydrogen) atoms. The number of rotatable bonds is 7. The van der Waals surface area contributed by atoms with Crippen molar-refractivity contribution in [2.24, 2.45) is 0 Å². The maximum atomic E-state index is 13.4. The van der Waals surface area contributed by atoms with Crippen LogP contribution in [0.1, 0.15) is 5.56 Å². The Labute approximate surface area is 138 Å². The van der Waals surface area contributed by atoms with E-state index in [4.69, 9.17) is 0 Å². The van der Waals surface area contributed by atoms with Gasteiger partial charge >= 0.3 is 6.03 Å². The van der Waals surface area contributed by atoms with E-state index in [1.165, 1.54) is 18.2 Å². The lowest BCUT2D eigenvalue weighted by Gasteiger charge is -2.09. The van der Waals surface area contributed by atoms with Crippen molar-refractivity contribution in [2.75, 3.05) is 18.4 Å². The molecule has 126 valence electrons. The number of carbonyl (C=O) groups is 1. The molecule has 2 amide bonds. The van der Waals surface area contributed by atoms with E-state index in [1.807, 2.05) is 0 Å². The van der Waals surface area contributed by atoms with Crippen LogP contribution in [0.5, 0.6) is 0 Å². The molecule has 0 saturated heterocycles. The molecular weight excluding hydrogens is 315 g/mol. The van der Waals surface area contributed by atoms with Crippen LogP contribution in [0.2, 0.25) is 0 Å². The number of urea groups is 1. The van der Waals surface area contributed by atoms with Crippen LogP contribution < -0.4 is 16.0 Å². The summed E-state index contributed by atoms with van der Waals surface area (Å²) in [4.78, 5) is 21.7. The average molecular weight is 332 g/mol. The van der Waals surface area contributed by atoms with Gasteiger partial charge in [-0.25, -0.2) is 9.18 Å². The number of benzene rings is 2. The van der Waals surface area contributed by atoms with Crippen LogP contribution in [-0.4, -0.2) is 24.0 Å². The molecule has 0 aliphatic carbocycles. The Bertz CT molecular complexity index is 707. The number of nitrogens with zero attached hydrogens (tertiary/aromatic N) is 1. The highest BCUT2D eigenvalue weighted by Crippen LogP contribution is 2.14. The molecule has 0 fully saturated rings. The first-order valence-corrected chi connectivity index (χ1v) is 7.29. The van der Waals surface area contributed by atoms with E-state index in [9.17, 15) is 19.3 Å². The fourth-order valence-electron chi connectivity index (χ4n) is 1.96. The second-order valence-corrected chi connectivity index (χ2v) is 4.93. The molecule has 0 saturated carbocycles. The third kappa shape index (κ3) is 5.24. The Balaban J connectivity index is 1.65. The van der Waals surface area contributed by atoms with Gasteiger partial charge in [0.15, 0.2) is 0 Å². The molecule has 0 atom stereocenters. The highest BCUT2D eigenvalue weighted by Gasteiger charge is 2.05. The molecule has 2 rings (SSSR count). The van der Waals surface area contributed by atoms with Crippen LogP contribution in [0, 0.1) is 15.9 Å². The van der Waals surface area contributed by atoms with Crippen LogP contribution in [0.4, 0.5) is 20.6 Å². The first kappa shape index (κ1) is 17.2. The third-order valence-electron chi connectivity index (χ3n) is 3.22. The van der Waals surface area contributed by atoms with Crippen LogP contribution >= 0.6 is 0 Å². The average Bonchev–Trinajstić information content (AvgIpc) is 2.58. The molecule has 0 spiro atoms. The monoisotopic (exact) mass is 332 g/mol. The van der Waals surface area contributed by atoms with Crippen molar-refractivity contribution < 1.29 is 14.1 Å². The molecule has 3 N–H and O–H groups in total. The molecule has 0 aliphatic rings. The van der Waals surface area contributed by atoms with Gasteiger partial charge in [0.1, 0.15) is 5.82 Å². The zero-order valence-corrected chi connectivity index (χ0v) is 12.8. The Morgan fingerprint density at radius 3 is 2.42 bits per heavy atom. The number of nitro benzene ring substituents is 1. The maximum absolute atomic E-state index is 13.4. The number of non-ortho nitro benzene ring substituents is 1. The minimum atomic E-state index is -0.467. The molecule has 0 aromatic heterocycles. The topological polar surface area (TPSA) is 96.3 Å². The molecule has 0 aliphatic heterocycles. The minimum absolute atomic E-state index is 0.0196. The predicted molar refractivity (Wildman–Crippen MR) is 88.2 cm³/mol. The summed E-state index contributed by atoms with van der Waals surface area (Å²) >= 11 is 0. The molecule has 0 radical (unpaired) electrons. The lowest BCUT2D eigenvalue weighted by molar-refractivity contribution is -0.384. The molecule has 0 unspecified atom stereocenters. The normalized spacial score (nSPS) is 10.0. The van der Waals surface area contributed by atoms with Gasteiger partial charge in [-0.05, 0) is 18.2 Å². The van der Waals surface area contributed by atoms with E-state index in [1.54, 1.807) is 30.3 Å². The van der Waals surface area contributed by atoms with Crippen molar-refractivity contribution in [1.29, 1.82) is 0 Å². The van der Waals surface area contributed by atoms with Gasteiger partial charge in [0, 0.05) is 43.0 Å². The van der Waals surface area contributed by atoms with E-state index in [-0.39, 0.29) is 18.0 Å². The lowest BCUT2D eigenvalue weighted by Crippen LogP contribution is -2.37. The highest BCUT2D eigenvalue weighted by molar-refractivity contribution is 5.73. The predicted octanol–water partition coefficient (Wildman–Crippen LogP) is 2.65. The van der Waals surface area contributed by atoms with Crippen LogP contribution in [-0.2, 0) is 6.54 Å². The quantitative estimate of drug-likeness (QED) is 0.412. The van der Waals surface area contributed by atoms with E-state index in [0.717, 1.165) is 0 Å². The molecule has 7 nitrogen and oxygen atoms in total. The molecule has 0 heterocycles. The smallest absolute Gasteiger partial charge is 0.315 e. The van der Waals surface area contributed by atoms with Crippen molar-refractivity contribution in [2.45, 2.75) is 6.54 Å². The summed E-state index contributed by atoms with van der Waals surface area (Å²) in [6.45, 7) is 0.902. The van der Waals surface area contributed by atoms with Crippen LogP contribution in [0.25, 0.3) is 0 Å². The standard InChI is InChI=1S/C16H17FN4O3/c17-15-4-2-1-3-12(15)11-20-16(22)19-10-9-18-13-5-7-14(8-6-13)21(23)24/h1-8,18H,9-11H2,(H2,19,20,22). The zero-order chi connectivity index (χ0) is 17.4. The van der Waals surface area contributed by atoms with Crippen molar-refractivity contribution >= 4 is 17.4 Å². The van der Waals surface area contributed by atoms with Crippen LogP contribution in [0.3, 0.4) is 0 Å². The van der Waals surface area contributed by atoms with Crippen molar-refractivity contribution in [3.05, 3.63) is 70.0 Å². The largest absolute Gasteiger partial charge is 0.383 e. The molecular formula is C16H17FN4O3. The first-order valence-electron chi connectivity index (χ1n) is 7.29. The summed E-state index contributed by atoms with van der Waals surface area (Å²) in [7, 11) is 0. The van der Waals surface area contributed by atoms with Crippen molar-refractivity contribution in [1.82, 2.24) is 10.6 Å². The first-order chi connectivity index (χ1) is 11.6. The van der Waals surface area contributed by atoms with Gasteiger partial charge in [0.05, 0.1) is 4.92 Å². The number of nitrogens with one attached hydrogen (secondary N) is 3. The van der Waals surface area contributed by atoms with Gasteiger partial charge < -0.3 is 16.0 Å². The second-order valence-electron chi connectivity index (χ2n) is 4.93. The van der Waals surface area contributed by atoms with Gasteiger partial charge in [-0.2, -0.15) is 0 Å². The molecule has 8 heteroatoms. The van der Waals surface area contributed by atoms with Gasteiger partial charge in [-0.15, -0.1) is 0 Å². The number of nitro groups is 1. The zero-order valence-electron chi connectivity index (χ0n) is 12.8. The van der Waals surface area contributed by atoms with E-state index in [2.05, 4.69) is 16.0 Å². The highest BCUT2D eigenvalue weighted by atomic mass is 19.1. The van der Waals surface area contributed by atoms with Crippen molar-refractivity contribution in [3.8, 4) is 0 Å². The minimum Gasteiger partial charge on any atom is -0.383 e. The van der Waals surface area contributed by atoms with Gasteiger partial charge in [-0.3, -0.25) is 10.1 Å². The molecule has 2 aromatic rings. The SMILES string of the molecule is O=C(NCCNc1ccc([N+](=O)[O-])cc1)NCc1ccccc1F. The summed E-state index contributed by atoms with van der Waals surface area (Å²) in [5.74, 6) is -0.363. The number of carbonyl (C=O) groups excluding carboxylic acids is 1. The van der Waals surface area contributed by atoms with E-state index < -0.39 is 11.0 Å². The maximum Gasteiger partial charge on any atom is 0.315 e. The fraction of sp³-hybridized carbons (Fsp3) is 0.188. The number of hydrogen-bond acceptors (Lipinski definition) is 4. The third-order valence-corrected chi connectivity index (χ3v) is 3.22. The summed E-state index contributed by atoms with van der Waals surface area (Å²) in [5.41, 5.74) is 1.15. The Hall–Kier alpha value is -3.16. The van der Waals surface area contributed by atoms with Gasteiger partial charge in [0.25, 0.3) is 5.69 Å². The van der Waals surface area contributed by atoms with Crippen LogP contribution in [0.15, 0.2) is 48.5 Å². The summed E-state index contributed by atoms with van der Waals surface area (Å²) in [6, 6.07) is 11.8. The lowest BCUT2D eigenvalue weighted by atomic mass is 10.2. The number of hydrogen-bond donors (Lipinski definition) is 3.